The van der Waals surface area contributed by atoms with E-state index in [2.05, 4.69) is 21.2 Å². The van der Waals surface area contributed by atoms with Crippen LogP contribution >= 0.6 is 15.9 Å². The van der Waals surface area contributed by atoms with Crippen LogP contribution in [0.15, 0.2) is 16.6 Å². The number of ether oxygens (including phenoxy) is 1. The molecule has 3 nitrogen and oxygen atoms in total. The summed E-state index contributed by atoms with van der Waals surface area (Å²) in [7, 11) is 0. The van der Waals surface area contributed by atoms with E-state index in [4.69, 9.17) is 4.74 Å². The van der Waals surface area contributed by atoms with Crippen LogP contribution in [0, 0.1) is 6.92 Å². The number of hydrogen-bond donors (Lipinski definition) is 2. The summed E-state index contributed by atoms with van der Waals surface area (Å²) < 4.78 is 6.53. The lowest BCUT2D eigenvalue weighted by atomic mass is 10.0. The van der Waals surface area contributed by atoms with Gasteiger partial charge in [0, 0.05) is 23.1 Å². The average Bonchev–Trinajstić information content (AvgIpc) is 2.26. The maximum Gasteiger partial charge on any atom is 0.125 e. The second-order valence-electron chi connectivity index (χ2n) is 3.69. The largest absolute Gasteiger partial charge is 0.507 e. The summed E-state index contributed by atoms with van der Waals surface area (Å²) in [6.45, 7) is 4.20. The molecule has 0 saturated carbocycles. The molecule has 1 saturated heterocycles. The van der Waals surface area contributed by atoms with Gasteiger partial charge in [0.2, 0.25) is 0 Å². The van der Waals surface area contributed by atoms with Gasteiger partial charge in [0.05, 0.1) is 12.7 Å². The number of phenols is 1. The lowest BCUT2D eigenvalue weighted by molar-refractivity contribution is 0.0258. The fourth-order valence-electron chi connectivity index (χ4n) is 1.75. The van der Waals surface area contributed by atoms with Gasteiger partial charge in [-0.2, -0.15) is 0 Å². The Bertz CT molecular complexity index is 362. The van der Waals surface area contributed by atoms with E-state index in [-0.39, 0.29) is 6.10 Å². The fraction of sp³-hybridized carbons (Fsp3) is 0.455. The molecular formula is C11H14BrNO2. The van der Waals surface area contributed by atoms with Gasteiger partial charge in [-0.15, -0.1) is 0 Å². The van der Waals surface area contributed by atoms with Crippen LogP contribution in [0.1, 0.15) is 17.2 Å². The van der Waals surface area contributed by atoms with E-state index in [0.717, 1.165) is 28.7 Å². The normalized spacial score (nSPS) is 21.6. The van der Waals surface area contributed by atoms with E-state index in [0.29, 0.717) is 12.4 Å². The van der Waals surface area contributed by atoms with Gasteiger partial charge in [0.1, 0.15) is 5.75 Å². The van der Waals surface area contributed by atoms with Crippen molar-refractivity contribution in [3.8, 4) is 5.75 Å². The smallest absolute Gasteiger partial charge is 0.125 e. The summed E-state index contributed by atoms with van der Waals surface area (Å²) in [5, 5.41) is 13.2. The van der Waals surface area contributed by atoms with Crippen molar-refractivity contribution < 1.29 is 9.84 Å². The predicted molar refractivity (Wildman–Crippen MR) is 62.1 cm³/mol. The maximum atomic E-state index is 9.99. The van der Waals surface area contributed by atoms with Gasteiger partial charge in [-0.05, 0) is 18.6 Å². The minimum Gasteiger partial charge on any atom is -0.507 e. The molecule has 1 aliphatic rings. The Labute approximate surface area is 97.6 Å². The zero-order chi connectivity index (χ0) is 10.8. The molecule has 1 aromatic carbocycles. The molecule has 82 valence electrons. The number of nitrogens with one attached hydrogen (secondary N) is 1. The van der Waals surface area contributed by atoms with Crippen LogP contribution in [0.4, 0.5) is 0 Å². The molecule has 0 aliphatic carbocycles. The minimum absolute atomic E-state index is 0.0620. The third-order valence-electron chi connectivity index (χ3n) is 2.62. The second-order valence-corrected chi connectivity index (χ2v) is 4.54. The van der Waals surface area contributed by atoms with Crippen LogP contribution in [0.25, 0.3) is 0 Å². The molecule has 2 rings (SSSR count). The monoisotopic (exact) mass is 271 g/mol. The third-order valence-corrected chi connectivity index (χ3v) is 3.31. The molecule has 0 amide bonds. The SMILES string of the molecule is Cc1ccc(Br)c(C2CNCCO2)c1O. The van der Waals surface area contributed by atoms with Crippen molar-refractivity contribution >= 4 is 15.9 Å². The third kappa shape index (κ3) is 2.17. The Morgan fingerprint density at radius 2 is 2.33 bits per heavy atom. The zero-order valence-corrected chi connectivity index (χ0v) is 10.2. The van der Waals surface area contributed by atoms with Gasteiger partial charge in [-0.25, -0.2) is 0 Å². The predicted octanol–water partition coefficient (Wildman–Crippen LogP) is 2.12. The van der Waals surface area contributed by atoms with Crippen LogP contribution in [0.3, 0.4) is 0 Å². The number of halogens is 1. The van der Waals surface area contributed by atoms with Gasteiger partial charge in [0.25, 0.3) is 0 Å². The van der Waals surface area contributed by atoms with Crippen LogP contribution < -0.4 is 5.32 Å². The summed E-state index contributed by atoms with van der Waals surface area (Å²) >= 11 is 3.45. The highest BCUT2D eigenvalue weighted by Crippen LogP contribution is 2.36. The highest BCUT2D eigenvalue weighted by molar-refractivity contribution is 9.10. The summed E-state index contributed by atoms with van der Waals surface area (Å²) in [4.78, 5) is 0. The molecule has 0 spiro atoms. The molecule has 1 aromatic rings. The van der Waals surface area contributed by atoms with Gasteiger partial charge >= 0.3 is 0 Å². The van der Waals surface area contributed by atoms with Crippen LogP contribution in [0.2, 0.25) is 0 Å². The molecule has 1 atom stereocenters. The summed E-state index contributed by atoms with van der Waals surface area (Å²) in [6, 6.07) is 3.83. The Morgan fingerprint density at radius 1 is 1.53 bits per heavy atom. The van der Waals surface area contributed by atoms with Crippen molar-refractivity contribution in [1.29, 1.82) is 0 Å². The Balaban J connectivity index is 2.36. The van der Waals surface area contributed by atoms with Crippen molar-refractivity contribution in [2.24, 2.45) is 0 Å². The number of rotatable bonds is 1. The number of aryl methyl sites for hydroxylation is 1. The van der Waals surface area contributed by atoms with E-state index in [9.17, 15) is 5.11 Å². The fourth-order valence-corrected chi connectivity index (χ4v) is 2.32. The van der Waals surface area contributed by atoms with Crippen molar-refractivity contribution in [2.75, 3.05) is 19.7 Å². The zero-order valence-electron chi connectivity index (χ0n) is 8.59. The van der Waals surface area contributed by atoms with Crippen molar-refractivity contribution in [1.82, 2.24) is 5.32 Å². The van der Waals surface area contributed by atoms with E-state index >= 15 is 0 Å². The Morgan fingerprint density at radius 3 is 3.00 bits per heavy atom. The first-order valence-electron chi connectivity index (χ1n) is 5.00. The molecule has 1 heterocycles. The molecule has 2 N–H and O–H groups in total. The number of hydrogen-bond acceptors (Lipinski definition) is 3. The summed E-state index contributed by atoms with van der Waals surface area (Å²) in [5.74, 6) is 0.332. The highest BCUT2D eigenvalue weighted by atomic mass is 79.9. The van der Waals surface area contributed by atoms with E-state index < -0.39 is 0 Å². The molecule has 1 unspecified atom stereocenters. The van der Waals surface area contributed by atoms with Gasteiger partial charge in [0.15, 0.2) is 0 Å². The first-order chi connectivity index (χ1) is 7.20. The Kier molecular flexibility index (Phi) is 3.29. The van der Waals surface area contributed by atoms with E-state index in [1.54, 1.807) is 0 Å². The molecule has 1 aliphatic heterocycles. The van der Waals surface area contributed by atoms with Crippen LogP contribution in [-0.2, 0) is 4.74 Å². The molecule has 0 aromatic heterocycles. The number of aromatic hydroxyl groups is 1. The van der Waals surface area contributed by atoms with Crippen molar-refractivity contribution in [2.45, 2.75) is 13.0 Å². The van der Waals surface area contributed by atoms with Crippen LogP contribution in [-0.4, -0.2) is 24.8 Å². The topological polar surface area (TPSA) is 41.5 Å². The summed E-state index contributed by atoms with van der Waals surface area (Å²) in [6.07, 6.45) is -0.0620. The molecule has 0 bridgehead atoms. The lowest BCUT2D eigenvalue weighted by Gasteiger charge is -2.25. The molecular weight excluding hydrogens is 258 g/mol. The molecule has 1 fully saturated rings. The van der Waals surface area contributed by atoms with Gasteiger partial charge < -0.3 is 15.2 Å². The molecule has 0 radical (unpaired) electrons. The number of morpholine rings is 1. The second kappa shape index (κ2) is 4.51. The first-order valence-corrected chi connectivity index (χ1v) is 5.79. The maximum absolute atomic E-state index is 9.99. The lowest BCUT2D eigenvalue weighted by Crippen LogP contribution is -2.33. The highest BCUT2D eigenvalue weighted by Gasteiger charge is 2.22. The average molecular weight is 272 g/mol. The molecule has 4 heteroatoms. The molecule has 15 heavy (non-hydrogen) atoms. The number of phenolic OH excluding ortho intramolecular Hbond substituents is 1. The minimum atomic E-state index is -0.0620. The van der Waals surface area contributed by atoms with Crippen molar-refractivity contribution in [3.63, 3.8) is 0 Å². The van der Waals surface area contributed by atoms with Crippen LogP contribution in [0.5, 0.6) is 5.75 Å². The van der Waals surface area contributed by atoms with E-state index in [1.807, 2.05) is 19.1 Å². The Hall–Kier alpha value is -0.580. The number of benzene rings is 1. The van der Waals surface area contributed by atoms with Gasteiger partial charge in [-0.3, -0.25) is 0 Å². The van der Waals surface area contributed by atoms with Gasteiger partial charge in [-0.1, -0.05) is 22.0 Å². The standard InChI is InChI=1S/C11H14BrNO2/c1-7-2-3-8(12)10(11(7)14)9-6-13-4-5-15-9/h2-3,9,13-14H,4-6H2,1H3. The quantitative estimate of drug-likeness (QED) is 0.822. The van der Waals surface area contributed by atoms with Crippen molar-refractivity contribution in [3.05, 3.63) is 27.7 Å². The first kappa shape index (κ1) is 10.9. The van der Waals surface area contributed by atoms with E-state index in [1.165, 1.54) is 0 Å². The summed E-state index contributed by atoms with van der Waals surface area (Å²) in [5.41, 5.74) is 1.73.